The summed E-state index contributed by atoms with van der Waals surface area (Å²) in [7, 11) is 1.59. The molecule has 0 spiro atoms. The molecule has 0 saturated heterocycles. The van der Waals surface area contributed by atoms with Gasteiger partial charge in [0, 0.05) is 32.4 Å². The van der Waals surface area contributed by atoms with Crippen molar-refractivity contribution in [2.45, 2.75) is 6.92 Å². The lowest BCUT2D eigenvalue weighted by Crippen LogP contribution is -2.36. The van der Waals surface area contributed by atoms with E-state index in [0.29, 0.717) is 25.3 Å². The predicted molar refractivity (Wildman–Crippen MR) is 75.5 cm³/mol. The molecule has 0 unspecified atom stereocenters. The van der Waals surface area contributed by atoms with Gasteiger partial charge in [0.2, 0.25) is 0 Å². The van der Waals surface area contributed by atoms with Gasteiger partial charge in [0.25, 0.3) is 5.91 Å². The molecule has 0 fully saturated rings. The van der Waals surface area contributed by atoms with Gasteiger partial charge in [-0.3, -0.25) is 4.79 Å². The van der Waals surface area contributed by atoms with Crippen LogP contribution in [0.25, 0.3) is 0 Å². The number of rotatable bonds is 8. The molecule has 0 saturated carbocycles. The summed E-state index contributed by atoms with van der Waals surface area (Å²) in [5.41, 5.74) is 1.43. The Kier molecular flexibility index (Phi) is 6.92. The quantitative estimate of drug-likeness (QED) is 0.742. The maximum Gasteiger partial charge on any atom is 0.256 e. The number of para-hydroxylation sites is 1. The second-order valence-corrected chi connectivity index (χ2v) is 4.08. The van der Waals surface area contributed by atoms with Crippen molar-refractivity contribution in [2.75, 3.05) is 45.3 Å². The van der Waals surface area contributed by atoms with Gasteiger partial charge in [0.05, 0.1) is 18.8 Å². The average molecular weight is 266 g/mol. The Hall–Kier alpha value is -1.59. The molecule has 2 N–H and O–H groups in total. The van der Waals surface area contributed by atoms with Crippen molar-refractivity contribution in [3.05, 3.63) is 29.8 Å². The lowest BCUT2D eigenvalue weighted by atomic mass is 10.1. The Labute approximate surface area is 114 Å². The minimum atomic E-state index is -0.0948. The normalized spacial score (nSPS) is 10.3. The van der Waals surface area contributed by atoms with Crippen molar-refractivity contribution in [3.8, 4) is 0 Å². The van der Waals surface area contributed by atoms with Crippen LogP contribution in [0.2, 0.25) is 0 Å². The van der Waals surface area contributed by atoms with Gasteiger partial charge in [-0.1, -0.05) is 12.1 Å². The number of carbonyl (C=O) groups is 1. The molecule has 0 aromatic heterocycles. The first kappa shape index (κ1) is 15.5. The SMILES string of the molecule is CCNc1ccccc1C(=O)N(CCO)CCOC. The molecular weight excluding hydrogens is 244 g/mol. The van der Waals surface area contributed by atoms with Gasteiger partial charge in [-0.05, 0) is 19.1 Å². The molecule has 0 aliphatic heterocycles. The van der Waals surface area contributed by atoms with Gasteiger partial charge in [0.15, 0.2) is 0 Å². The molecule has 0 bridgehead atoms. The van der Waals surface area contributed by atoms with Crippen LogP contribution in [0.15, 0.2) is 24.3 Å². The number of nitrogens with one attached hydrogen (secondary N) is 1. The summed E-state index contributed by atoms with van der Waals surface area (Å²) in [4.78, 5) is 14.1. The summed E-state index contributed by atoms with van der Waals surface area (Å²) < 4.78 is 4.99. The molecule has 19 heavy (non-hydrogen) atoms. The molecule has 1 aromatic rings. The average Bonchev–Trinajstić information content (AvgIpc) is 2.44. The third-order valence-corrected chi connectivity index (χ3v) is 2.75. The highest BCUT2D eigenvalue weighted by Crippen LogP contribution is 2.17. The fraction of sp³-hybridized carbons (Fsp3) is 0.500. The van der Waals surface area contributed by atoms with Crippen LogP contribution in [0.1, 0.15) is 17.3 Å². The standard InChI is InChI=1S/C14H22N2O3/c1-3-15-13-7-5-4-6-12(13)14(18)16(8-10-17)9-11-19-2/h4-7,15,17H,3,8-11H2,1-2H3. The molecule has 0 aliphatic rings. The number of aliphatic hydroxyl groups is 1. The highest BCUT2D eigenvalue weighted by atomic mass is 16.5. The third-order valence-electron chi connectivity index (χ3n) is 2.75. The minimum absolute atomic E-state index is 0.0567. The summed E-state index contributed by atoms with van der Waals surface area (Å²) in [6, 6.07) is 7.39. The van der Waals surface area contributed by atoms with Crippen LogP contribution < -0.4 is 5.32 Å². The number of ether oxygens (including phenoxy) is 1. The van der Waals surface area contributed by atoms with Crippen LogP contribution >= 0.6 is 0 Å². The number of carbonyl (C=O) groups excluding carboxylic acids is 1. The van der Waals surface area contributed by atoms with Crippen LogP contribution in [-0.4, -0.2) is 55.9 Å². The summed E-state index contributed by atoms with van der Waals surface area (Å²) in [5, 5.41) is 12.2. The summed E-state index contributed by atoms with van der Waals surface area (Å²) in [6.45, 7) is 3.91. The van der Waals surface area contributed by atoms with E-state index in [9.17, 15) is 4.79 Å². The lowest BCUT2D eigenvalue weighted by Gasteiger charge is -2.22. The second-order valence-electron chi connectivity index (χ2n) is 4.08. The molecule has 0 radical (unpaired) electrons. The van der Waals surface area contributed by atoms with Crippen LogP contribution in [0.5, 0.6) is 0 Å². The fourth-order valence-corrected chi connectivity index (χ4v) is 1.82. The van der Waals surface area contributed by atoms with Crippen LogP contribution in [0, 0.1) is 0 Å². The zero-order valence-electron chi connectivity index (χ0n) is 11.6. The van der Waals surface area contributed by atoms with E-state index in [4.69, 9.17) is 9.84 Å². The Balaban J connectivity index is 2.88. The topological polar surface area (TPSA) is 61.8 Å². The van der Waals surface area contributed by atoms with Gasteiger partial charge in [0.1, 0.15) is 0 Å². The highest BCUT2D eigenvalue weighted by molar-refractivity contribution is 5.99. The van der Waals surface area contributed by atoms with E-state index < -0.39 is 0 Å². The number of benzene rings is 1. The van der Waals surface area contributed by atoms with E-state index in [-0.39, 0.29) is 12.5 Å². The largest absolute Gasteiger partial charge is 0.395 e. The van der Waals surface area contributed by atoms with Crippen LogP contribution in [0.4, 0.5) is 5.69 Å². The Morgan fingerprint density at radius 2 is 2.11 bits per heavy atom. The first-order valence-electron chi connectivity index (χ1n) is 6.46. The van der Waals surface area contributed by atoms with Crippen molar-refractivity contribution in [1.82, 2.24) is 4.90 Å². The minimum Gasteiger partial charge on any atom is -0.395 e. The smallest absolute Gasteiger partial charge is 0.256 e. The number of anilines is 1. The number of amides is 1. The number of methoxy groups -OCH3 is 1. The van der Waals surface area contributed by atoms with Crippen LogP contribution in [-0.2, 0) is 4.74 Å². The van der Waals surface area contributed by atoms with Crippen molar-refractivity contribution >= 4 is 11.6 Å². The molecule has 1 rings (SSSR count). The molecule has 0 heterocycles. The number of hydrogen-bond donors (Lipinski definition) is 2. The van der Waals surface area contributed by atoms with E-state index in [0.717, 1.165) is 12.2 Å². The van der Waals surface area contributed by atoms with E-state index in [2.05, 4.69) is 5.32 Å². The number of nitrogens with zero attached hydrogens (tertiary/aromatic N) is 1. The van der Waals surface area contributed by atoms with Crippen molar-refractivity contribution in [3.63, 3.8) is 0 Å². The molecule has 1 aromatic carbocycles. The summed E-state index contributed by atoms with van der Waals surface area (Å²) >= 11 is 0. The van der Waals surface area contributed by atoms with Gasteiger partial charge in [-0.25, -0.2) is 0 Å². The lowest BCUT2D eigenvalue weighted by molar-refractivity contribution is 0.0657. The maximum atomic E-state index is 12.5. The predicted octanol–water partition coefficient (Wildman–Crippen LogP) is 1.20. The van der Waals surface area contributed by atoms with E-state index in [1.54, 1.807) is 18.1 Å². The van der Waals surface area contributed by atoms with Gasteiger partial charge in [-0.2, -0.15) is 0 Å². The maximum absolute atomic E-state index is 12.5. The molecule has 106 valence electrons. The van der Waals surface area contributed by atoms with Crippen molar-refractivity contribution < 1.29 is 14.6 Å². The molecule has 5 nitrogen and oxygen atoms in total. The van der Waals surface area contributed by atoms with Crippen molar-refractivity contribution in [1.29, 1.82) is 0 Å². The van der Waals surface area contributed by atoms with Gasteiger partial charge in [-0.15, -0.1) is 0 Å². The fourth-order valence-electron chi connectivity index (χ4n) is 1.82. The monoisotopic (exact) mass is 266 g/mol. The third kappa shape index (κ3) is 4.54. The number of hydrogen-bond acceptors (Lipinski definition) is 4. The van der Waals surface area contributed by atoms with E-state index >= 15 is 0 Å². The zero-order valence-corrected chi connectivity index (χ0v) is 11.6. The van der Waals surface area contributed by atoms with Crippen LogP contribution in [0.3, 0.4) is 0 Å². The Bertz CT molecular complexity index is 396. The van der Waals surface area contributed by atoms with Crippen molar-refractivity contribution in [2.24, 2.45) is 0 Å². The molecule has 0 atom stereocenters. The summed E-state index contributed by atoms with van der Waals surface area (Å²) in [6.07, 6.45) is 0. The Morgan fingerprint density at radius 3 is 2.74 bits per heavy atom. The second kappa shape index (κ2) is 8.50. The van der Waals surface area contributed by atoms with E-state index in [1.807, 2.05) is 25.1 Å². The number of aliphatic hydroxyl groups excluding tert-OH is 1. The first-order chi connectivity index (χ1) is 9.24. The molecule has 1 amide bonds. The zero-order chi connectivity index (χ0) is 14.1. The molecular formula is C14H22N2O3. The first-order valence-corrected chi connectivity index (χ1v) is 6.46. The molecule has 0 aliphatic carbocycles. The van der Waals surface area contributed by atoms with Gasteiger partial charge >= 0.3 is 0 Å². The van der Waals surface area contributed by atoms with E-state index in [1.165, 1.54) is 0 Å². The summed E-state index contributed by atoms with van der Waals surface area (Å²) in [5.74, 6) is -0.0948. The molecule has 5 heteroatoms. The highest BCUT2D eigenvalue weighted by Gasteiger charge is 2.17. The van der Waals surface area contributed by atoms with Gasteiger partial charge < -0.3 is 20.1 Å². The Morgan fingerprint density at radius 1 is 1.37 bits per heavy atom.